The number of anilines is 1. The Morgan fingerprint density at radius 1 is 1.05 bits per heavy atom. The molecule has 2 atom stereocenters. The zero-order chi connectivity index (χ0) is 27.4. The third-order valence-electron chi connectivity index (χ3n) is 7.02. The molecular formula is C28H30Cl2FN3O4. The molecule has 4 rings (SSSR count). The molecule has 0 aliphatic carbocycles. The molecule has 0 spiro atoms. The highest BCUT2D eigenvalue weighted by Crippen LogP contribution is 2.44. The van der Waals surface area contributed by atoms with Gasteiger partial charge in [-0.05, 0) is 49.7 Å². The van der Waals surface area contributed by atoms with E-state index in [4.69, 9.17) is 32.7 Å². The van der Waals surface area contributed by atoms with Gasteiger partial charge >= 0.3 is 11.9 Å². The van der Waals surface area contributed by atoms with E-state index < -0.39 is 23.8 Å². The summed E-state index contributed by atoms with van der Waals surface area (Å²) >= 11 is 12.8. The van der Waals surface area contributed by atoms with E-state index in [0.717, 1.165) is 31.9 Å². The van der Waals surface area contributed by atoms with Crippen molar-refractivity contribution in [3.05, 3.63) is 75.2 Å². The molecule has 2 unspecified atom stereocenters. The number of ether oxygens (including phenoxy) is 2. The van der Waals surface area contributed by atoms with Crippen LogP contribution in [0.25, 0.3) is 0 Å². The second-order valence-corrected chi connectivity index (χ2v) is 10.1. The van der Waals surface area contributed by atoms with Gasteiger partial charge in [0.1, 0.15) is 18.3 Å². The molecule has 0 bridgehead atoms. The van der Waals surface area contributed by atoms with Crippen LogP contribution < -0.4 is 4.90 Å². The molecule has 2 aliphatic rings. The molecule has 0 amide bonds. The fourth-order valence-corrected chi connectivity index (χ4v) is 5.48. The number of aliphatic imine (C=N–C) groups is 1. The average Bonchev–Trinajstić information content (AvgIpc) is 2.90. The van der Waals surface area contributed by atoms with Crippen LogP contribution in [0.15, 0.2) is 58.7 Å². The number of carbonyl (C=O) groups excluding carboxylic acids is 2. The zero-order valence-electron chi connectivity index (χ0n) is 21.5. The minimum absolute atomic E-state index is 0.174. The summed E-state index contributed by atoms with van der Waals surface area (Å²) in [5.74, 6) is -2.93. The van der Waals surface area contributed by atoms with Crippen molar-refractivity contribution in [2.45, 2.75) is 19.8 Å². The van der Waals surface area contributed by atoms with E-state index in [1.807, 2.05) is 0 Å². The van der Waals surface area contributed by atoms with Gasteiger partial charge in [-0.25, -0.2) is 9.18 Å². The maximum absolute atomic E-state index is 13.4. The summed E-state index contributed by atoms with van der Waals surface area (Å²) in [5, 5.41) is 0.581. The number of carbonyl (C=O) groups is 2. The van der Waals surface area contributed by atoms with Crippen LogP contribution in [0, 0.1) is 11.7 Å². The van der Waals surface area contributed by atoms with Crippen molar-refractivity contribution >= 4 is 46.5 Å². The van der Waals surface area contributed by atoms with Crippen LogP contribution in [-0.4, -0.2) is 69.0 Å². The predicted octanol–water partition coefficient (Wildman–Crippen LogP) is 5.12. The fourth-order valence-electron chi connectivity index (χ4n) is 5.06. The number of hydrogen-bond donors (Lipinski definition) is 0. The van der Waals surface area contributed by atoms with Crippen LogP contribution in [0.4, 0.5) is 10.1 Å². The summed E-state index contributed by atoms with van der Waals surface area (Å²) < 4.78 is 24.0. The fraction of sp³-hybridized carbons (Fsp3) is 0.393. The van der Waals surface area contributed by atoms with E-state index in [1.54, 1.807) is 44.2 Å². The molecule has 2 aromatic carbocycles. The Balaban J connectivity index is 1.45. The molecule has 0 radical (unpaired) electrons. The van der Waals surface area contributed by atoms with Crippen LogP contribution in [-0.2, 0) is 19.1 Å². The SMILES string of the molecule is COC(=O)C1C(C)=NC(C)=C(C(=O)OCCN2CCN(c3ccc(F)cc3)CC2)C1c1cccc(Cl)c1Cl. The van der Waals surface area contributed by atoms with E-state index in [-0.39, 0.29) is 23.0 Å². The number of esters is 2. The zero-order valence-corrected chi connectivity index (χ0v) is 23.1. The molecule has 1 fully saturated rings. The van der Waals surface area contributed by atoms with E-state index in [2.05, 4.69) is 14.8 Å². The number of benzene rings is 2. The summed E-state index contributed by atoms with van der Waals surface area (Å²) in [4.78, 5) is 35.1. The second kappa shape index (κ2) is 12.3. The minimum Gasteiger partial charge on any atom is -0.468 e. The summed E-state index contributed by atoms with van der Waals surface area (Å²) in [7, 11) is 1.30. The van der Waals surface area contributed by atoms with Crippen molar-refractivity contribution in [3.8, 4) is 0 Å². The van der Waals surface area contributed by atoms with E-state index in [9.17, 15) is 14.0 Å². The Kier molecular flexibility index (Phi) is 9.07. The summed E-state index contributed by atoms with van der Waals surface area (Å²) in [5.41, 5.74) is 2.76. The Morgan fingerprint density at radius 3 is 2.39 bits per heavy atom. The summed E-state index contributed by atoms with van der Waals surface area (Å²) in [6.07, 6.45) is 0. The Bertz CT molecular complexity index is 1260. The van der Waals surface area contributed by atoms with E-state index >= 15 is 0 Å². The third kappa shape index (κ3) is 6.03. The normalized spacial score (nSPS) is 20.3. The smallest absolute Gasteiger partial charge is 0.336 e. The lowest BCUT2D eigenvalue weighted by molar-refractivity contribution is -0.144. The maximum Gasteiger partial charge on any atom is 0.336 e. The van der Waals surface area contributed by atoms with Gasteiger partial charge < -0.3 is 14.4 Å². The van der Waals surface area contributed by atoms with Crippen LogP contribution in [0.1, 0.15) is 25.3 Å². The van der Waals surface area contributed by atoms with Gasteiger partial charge in [0.15, 0.2) is 0 Å². The van der Waals surface area contributed by atoms with Crippen molar-refractivity contribution in [2.75, 3.05) is 51.3 Å². The highest BCUT2D eigenvalue weighted by atomic mass is 35.5. The van der Waals surface area contributed by atoms with Crippen molar-refractivity contribution in [1.82, 2.24) is 4.90 Å². The van der Waals surface area contributed by atoms with Crippen LogP contribution in [0.5, 0.6) is 0 Å². The first-order chi connectivity index (χ1) is 18.2. The lowest BCUT2D eigenvalue weighted by Crippen LogP contribution is -2.47. The standard InChI is InChI=1S/C28H30Cl2FN3O4/c1-17-23(27(35)37-3)25(21-5-4-6-22(29)26(21)30)24(18(2)32-17)28(36)38-16-15-33-11-13-34(14-12-33)20-9-7-19(31)8-10-20/h4-10,23,25H,11-16H2,1-3H3. The number of hydrogen-bond acceptors (Lipinski definition) is 7. The highest BCUT2D eigenvalue weighted by Gasteiger charge is 2.43. The van der Waals surface area contributed by atoms with Crippen LogP contribution >= 0.6 is 23.2 Å². The molecule has 1 saturated heterocycles. The van der Waals surface area contributed by atoms with Gasteiger partial charge in [0.05, 0.1) is 22.7 Å². The number of halogens is 3. The van der Waals surface area contributed by atoms with Gasteiger partial charge in [0.2, 0.25) is 0 Å². The van der Waals surface area contributed by atoms with Crippen molar-refractivity contribution in [1.29, 1.82) is 0 Å². The predicted molar refractivity (Wildman–Crippen MR) is 147 cm³/mol. The molecule has 2 heterocycles. The first-order valence-electron chi connectivity index (χ1n) is 12.4. The minimum atomic E-state index is -0.846. The molecule has 0 saturated carbocycles. The second-order valence-electron chi connectivity index (χ2n) is 9.31. The quantitative estimate of drug-likeness (QED) is 0.437. The highest BCUT2D eigenvalue weighted by molar-refractivity contribution is 6.42. The number of methoxy groups -OCH3 is 1. The maximum atomic E-state index is 13.4. The number of nitrogens with zero attached hydrogens (tertiary/aromatic N) is 3. The Morgan fingerprint density at radius 2 is 1.74 bits per heavy atom. The summed E-state index contributed by atoms with van der Waals surface area (Å²) in [6, 6.07) is 11.6. The van der Waals surface area contributed by atoms with E-state index in [0.29, 0.717) is 28.5 Å². The Hall–Kier alpha value is -2.94. The van der Waals surface area contributed by atoms with Gasteiger partial charge in [0.25, 0.3) is 0 Å². The molecular weight excluding hydrogens is 532 g/mol. The van der Waals surface area contributed by atoms with Gasteiger partial charge in [-0.2, -0.15) is 0 Å². The number of rotatable bonds is 7. The monoisotopic (exact) mass is 561 g/mol. The third-order valence-corrected chi connectivity index (χ3v) is 7.86. The van der Waals surface area contributed by atoms with Crippen molar-refractivity contribution in [3.63, 3.8) is 0 Å². The Labute approximate surface area is 231 Å². The van der Waals surface area contributed by atoms with Crippen LogP contribution in [0.3, 0.4) is 0 Å². The van der Waals surface area contributed by atoms with Gasteiger partial charge in [0, 0.05) is 55.7 Å². The molecule has 2 aliphatic heterocycles. The summed E-state index contributed by atoms with van der Waals surface area (Å²) in [6.45, 7) is 7.31. The molecule has 0 N–H and O–H groups in total. The first-order valence-corrected chi connectivity index (χ1v) is 13.1. The number of piperazine rings is 1. The van der Waals surface area contributed by atoms with Crippen molar-refractivity contribution < 1.29 is 23.5 Å². The molecule has 202 valence electrons. The topological polar surface area (TPSA) is 71.4 Å². The largest absolute Gasteiger partial charge is 0.468 e. The van der Waals surface area contributed by atoms with Gasteiger partial charge in [-0.15, -0.1) is 0 Å². The van der Waals surface area contributed by atoms with Crippen LogP contribution in [0.2, 0.25) is 10.0 Å². The molecule has 38 heavy (non-hydrogen) atoms. The molecule has 10 heteroatoms. The molecule has 7 nitrogen and oxygen atoms in total. The number of allylic oxidation sites excluding steroid dienone is 1. The van der Waals surface area contributed by atoms with Gasteiger partial charge in [-0.3, -0.25) is 14.7 Å². The lowest BCUT2D eigenvalue weighted by Gasteiger charge is -2.36. The van der Waals surface area contributed by atoms with E-state index in [1.165, 1.54) is 19.2 Å². The first kappa shape index (κ1) is 28.1. The van der Waals surface area contributed by atoms with Gasteiger partial charge in [-0.1, -0.05) is 35.3 Å². The molecule has 2 aromatic rings. The molecule has 0 aromatic heterocycles. The average molecular weight is 562 g/mol. The lowest BCUT2D eigenvalue weighted by atomic mass is 9.75. The van der Waals surface area contributed by atoms with Crippen molar-refractivity contribution in [2.24, 2.45) is 10.9 Å².